The van der Waals surface area contributed by atoms with Gasteiger partial charge in [0.25, 0.3) is 0 Å². The van der Waals surface area contributed by atoms with E-state index in [9.17, 15) is 0 Å². The summed E-state index contributed by atoms with van der Waals surface area (Å²) in [5.74, 6) is 1.94. The molecule has 2 unspecified atom stereocenters. The molecule has 1 aliphatic rings. The molecule has 0 aromatic rings. The lowest BCUT2D eigenvalue weighted by Crippen LogP contribution is -2.13. The first kappa shape index (κ1) is 9.83. The van der Waals surface area contributed by atoms with Crippen LogP contribution in [0.5, 0.6) is 0 Å². The normalized spacial score (nSPS) is 31.2. The van der Waals surface area contributed by atoms with Gasteiger partial charge in [-0.2, -0.15) is 0 Å². The van der Waals surface area contributed by atoms with Crippen molar-refractivity contribution in [3.05, 3.63) is 12.2 Å². The van der Waals surface area contributed by atoms with Crippen LogP contribution in [0, 0.1) is 11.8 Å². The van der Waals surface area contributed by atoms with Crippen LogP contribution in [0.1, 0.15) is 52.4 Å². The Kier molecular flexibility index (Phi) is 4.42. The third-order valence-corrected chi connectivity index (χ3v) is 2.98. The predicted octanol–water partition coefficient (Wildman–Crippen LogP) is 4.17. The van der Waals surface area contributed by atoms with Crippen LogP contribution in [0.3, 0.4) is 0 Å². The molecule has 0 nitrogen and oxygen atoms in total. The number of rotatable bonds is 3. The van der Waals surface area contributed by atoms with Gasteiger partial charge < -0.3 is 0 Å². The summed E-state index contributed by atoms with van der Waals surface area (Å²) in [6.45, 7) is 4.45. The first-order valence-electron chi connectivity index (χ1n) is 5.49. The van der Waals surface area contributed by atoms with Gasteiger partial charge in [-0.3, -0.25) is 0 Å². The maximum absolute atomic E-state index is 2.40. The van der Waals surface area contributed by atoms with E-state index >= 15 is 0 Å². The van der Waals surface area contributed by atoms with E-state index in [0.29, 0.717) is 0 Å². The lowest BCUT2D eigenvalue weighted by Gasteiger charge is -2.26. The number of hydrogen-bond acceptors (Lipinski definition) is 0. The quantitative estimate of drug-likeness (QED) is 0.552. The van der Waals surface area contributed by atoms with Crippen molar-refractivity contribution in [3.8, 4) is 0 Å². The Labute approximate surface area is 77.1 Å². The first-order chi connectivity index (χ1) is 5.86. The molecule has 0 bridgehead atoms. The van der Waals surface area contributed by atoms with E-state index in [1.807, 2.05) is 0 Å². The first-order valence-corrected chi connectivity index (χ1v) is 5.49. The minimum atomic E-state index is 0.903. The Balaban J connectivity index is 2.29. The largest absolute Gasteiger partial charge is 0.0914 e. The summed E-state index contributed by atoms with van der Waals surface area (Å²) in [6.07, 6.45) is 13.3. The van der Waals surface area contributed by atoms with E-state index in [2.05, 4.69) is 26.0 Å². The van der Waals surface area contributed by atoms with Gasteiger partial charge in [0, 0.05) is 0 Å². The monoisotopic (exact) mass is 166 g/mol. The highest BCUT2D eigenvalue weighted by Gasteiger charge is 2.18. The summed E-state index contributed by atoms with van der Waals surface area (Å²) < 4.78 is 0. The zero-order valence-electron chi connectivity index (χ0n) is 8.55. The lowest BCUT2D eigenvalue weighted by molar-refractivity contribution is 0.288. The van der Waals surface area contributed by atoms with Gasteiger partial charge in [0.15, 0.2) is 0 Å². The fourth-order valence-electron chi connectivity index (χ4n) is 2.45. The van der Waals surface area contributed by atoms with E-state index in [4.69, 9.17) is 0 Å². The zero-order chi connectivity index (χ0) is 8.81. The molecule has 0 aromatic heterocycles. The molecule has 0 saturated heterocycles. The molecular formula is C12H22. The second kappa shape index (κ2) is 5.40. The van der Waals surface area contributed by atoms with E-state index < -0.39 is 0 Å². The van der Waals surface area contributed by atoms with E-state index in [0.717, 1.165) is 11.8 Å². The van der Waals surface area contributed by atoms with Crippen LogP contribution in [0.4, 0.5) is 0 Å². The third-order valence-electron chi connectivity index (χ3n) is 2.98. The summed E-state index contributed by atoms with van der Waals surface area (Å²) in [5.41, 5.74) is 0. The molecular weight excluding hydrogens is 144 g/mol. The van der Waals surface area contributed by atoms with Crippen molar-refractivity contribution >= 4 is 0 Å². The summed E-state index contributed by atoms with van der Waals surface area (Å²) in [5, 5.41) is 0. The molecule has 2 atom stereocenters. The van der Waals surface area contributed by atoms with Gasteiger partial charge in [-0.05, 0) is 31.6 Å². The maximum atomic E-state index is 2.40. The molecule has 70 valence electrons. The Morgan fingerprint density at radius 3 is 2.83 bits per heavy atom. The highest BCUT2D eigenvalue weighted by atomic mass is 14.2. The van der Waals surface area contributed by atoms with Crippen molar-refractivity contribution in [1.82, 2.24) is 0 Å². The van der Waals surface area contributed by atoms with Gasteiger partial charge in [-0.25, -0.2) is 0 Å². The van der Waals surface area contributed by atoms with Crippen LogP contribution in [-0.4, -0.2) is 0 Å². The van der Waals surface area contributed by atoms with Crippen LogP contribution in [0.25, 0.3) is 0 Å². The summed E-state index contributed by atoms with van der Waals surface area (Å²) >= 11 is 0. The fourth-order valence-corrected chi connectivity index (χ4v) is 2.45. The molecule has 0 heteroatoms. The Morgan fingerprint density at radius 2 is 2.17 bits per heavy atom. The summed E-state index contributed by atoms with van der Waals surface area (Å²) in [6, 6.07) is 0. The molecule has 1 aliphatic carbocycles. The van der Waals surface area contributed by atoms with Gasteiger partial charge in [0.1, 0.15) is 0 Å². The molecule has 0 spiro atoms. The van der Waals surface area contributed by atoms with Crippen molar-refractivity contribution in [1.29, 1.82) is 0 Å². The second-order valence-corrected chi connectivity index (χ2v) is 4.11. The zero-order valence-corrected chi connectivity index (χ0v) is 8.55. The highest BCUT2D eigenvalue weighted by Crippen LogP contribution is 2.32. The molecule has 0 heterocycles. The van der Waals surface area contributed by atoms with E-state index in [-0.39, 0.29) is 0 Å². The molecule has 0 radical (unpaired) electrons. The minimum Gasteiger partial charge on any atom is -0.0914 e. The average Bonchev–Trinajstić information content (AvgIpc) is 2.06. The Morgan fingerprint density at radius 1 is 1.33 bits per heavy atom. The van der Waals surface area contributed by atoms with Crippen LogP contribution >= 0.6 is 0 Å². The smallest absolute Gasteiger partial charge is 0.0231 e. The van der Waals surface area contributed by atoms with Crippen molar-refractivity contribution in [2.45, 2.75) is 52.4 Å². The van der Waals surface area contributed by atoms with Crippen LogP contribution in [-0.2, 0) is 0 Å². The van der Waals surface area contributed by atoms with Crippen molar-refractivity contribution in [3.63, 3.8) is 0 Å². The lowest BCUT2D eigenvalue weighted by atomic mass is 9.79. The molecule has 1 rings (SSSR count). The van der Waals surface area contributed by atoms with E-state index in [1.54, 1.807) is 0 Å². The molecule has 1 saturated carbocycles. The minimum absolute atomic E-state index is 0.903. The summed E-state index contributed by atoms with van der Waals surface area (Å²) in [7, 11) is 0. The second-order valence-electron chi connectivity index (χ2n) is 4.11. The number of hydrogen-bond donors (Lipinski definition) is 0. The standard InChI is InChI=1S/C12H22/c1-3-6-11-8-5-9-12(10-11)7-4-2/h3,6,11-12H,4-5,7-10H2,1-2H3/b6-3+. The molecule has 0 aliphatic heterocycles. The molecule has 0 aromatic carbocycles. The summed E-state index contributed by atoms with van der Waals surface area (Å²) in [4.78, 5) is 0. The van der Waals surface area contributed by atoms with E-state index in [1.165, 1.54) is 38.5 Å². The van der Waals surface area contributed by atoms with Gasteiger partial charge in [-0.15, -0.1) is 0 Å². The van der Waals surface area contributed by atoms with Crippen molar-refractivity contribution in [2.24, 2.45) is 11.8 Å². The maximum Gasteiger partial charge on any atom is -0.0231 e. The highest BCUT2D eigenvalue weighted by molar-refractivity contribution is 4.89. The van der Waals surface area contributed by atoms with Gasteiger partial charge in [-0.1, -0.05) is 44.8 Å². The molecule has 0 N–H and O–H groups in total. The molecule has 0 amide bonds. The van der Waals surface area contributed by atoms with Gasteiger partial charge in [0.05, 0.1) is 0 Å². The van der Waals surface area contributed by atoms with Gasteiger partial charge >= 0.3 is 0 Å². The number of allylic oxidation sites excluding steroid dienone is 2. The van der Waals surface area contributed by atoms with Gasteiger partial charge in [0.2, 0.25) is 0 Å². The Bertz CT molecular complexity index is 133. The predicted molar refractivity (Wildman–Crippen MR) is 55.2 cm³/mol. The SMILES string of the molecule is C/C=C/C1CCCC(CCC)C1. The molecule has 12 heavy (non-hydrogen) atoms. The van der Waals surface area contributed by atoms with Crippen LogP contribution in [0.15, 0.2) is 12.2 Å². The third kappa shape index (κ3) is 3.00. The topological polar surface area (TPSA) is 0 Å². The average molecular weight is 166 g/mol. The van der Waals surface area contributed by atoms with Crippen molar-refractivity contribution in [2.75, 3.05) is 0 Å². The van der Waals surface area contributed by atoms with Crippen molar-refractivity contribution < 1.29 is 0 Å². The fraction of sp³-hybridized carbons (Fsp3) is 0.833. The molecule has 1 fully saturated rings. The van der Waals surface area contributed by atoms with Crippen LogP contribution < -0.4 is 0 Å². The Hall–Kier alpha value is -0.260. The van der Waals surface area contributed by atoms with Crippen LogP contribution in [0.2, 0.25) is 0 Å².